The van der Waals surface area contributed by atoms with E-state index in [1.54, 1.807) is 6.20 Å². The first-order chi connectivity index (χ1) is 13.1. The Bertz CT molecular complexity index is 923. The van der Waals surface area contributed by atoms with Crippen molar-refractivity contribution in [2.24, 2.45) is 7.05 Å². The van der Waals surface area contributed by atoms with Crippen molar-refractivity contribution in [3.8, 4) is 0 Å². The highest BCUT2D eigenvalue weighted by Gasteiger charge is 2.24. The van der Waals surface area contributed by atoms with E-state index in [0.29, 0.717) is 11.5 Å². The third-order valence-electron chi connectivity index (χ3n) is 5.31. The number of nitrogens with zero attached hydrogens (tertiary/aromatic N) is 7. The highest BCUT2D eigenvalue weighted by molar-refractivity contribution is 5.21. The van der Waals surface area contributed by atoms with Gasteiger partial charge in [0, 0.05) is 56.9 Å². The van der Waals surface area contributed by atoms with Crippen LogP contribution in [0, 0.1) is 6.92 Å². The Morgan fingerprint density at radius 1 is 1.30 bits per heavy atom. The van der Waals surface area contributed by atoms with Gasteiger partial charge in [-0.25, -0.2) is 4.98 Å². The minimum atomic E-state index is -0.800. The standard InChI is InChI=1S/C19H27N7O/c1-4-6-25-14(2)15(11-21-25)12-24-8-9-26-16(13-24)10-17(22-26)18(27)19-20-5-7-23(19)3/h5,7,10-11,18,27H,4,6,8-9,12-13H2,1-3H3/t18-/m1/s1. The summed E-state index contributed by atoms with van der Waals surface area (Å²) in [6, 6.07) is 2.00. The molecule has 0 radical (unpaired) electrons. The summed E-state index contributed by atoms with van der Waals surface area (Å²) in [5.74, 6) is 0.612. The molecule has 0 bridgehead atoms. The average molecular weight is 369 g/mol. The summed E-state index contributed by atoms with van der Waals surface area (Å²) in [5.41, 5.74) is 4.32. The molecule has 0 fully saturated rings. The summed E-state index contributed by atoms with van der Waals surface area (Å²) in [7, 11) is 1.88. The van der Waals surface area contributed by atoms with Crippen molar-refractivity contribution in [1.82, 2.24) is 34.0 Å². The Morgan fingerprint density at radius 2 is 2.15 bits per heavy atom. The molecule has 0 unspecified atom stereocenters. The summed E-state index contributed by atoms with van der Waals surface area (Å²) < 4.78 is 5.92. The largest absolute Gasteiger partial charge is 0.379 e. The molecule has 8 heteroatoms. The van der Waals surface area contributed by atoms with Crippen molar-refractivity contribution in [2.75, 3.05) is 6.54 Å². The summed E-state index contributed by atoms with van der Waals surface area (Å²) >= 11 is 0. The zero-order chi connectivity index (χ0) is 19.0. The highest BCUT2D eigenvalue weighted by atomic mass is 16.3. The number of hydrogen-bond donors (Lipinski definition) is 1. The van der Waals surface area contributed by atoms with Gasteiger partial charge in [-0.2, -0.15) is 10.2 Å². The average Bonchev–Trinajstić information content (AvgIpc) is 3.36. The Kier molecular flexibility index (Phi) is 4.84. The molecule has 3 aromatic heterocycles. The monoisotopic (exact) mass is 369 g/mol. The van der Waals surface area contributed by atoms with Crippen LogP contribution >= 0.6 is 0 Å². The van der Waals surface area contributed by atoms with Gasteiger partial charge in [-0.3, -0.25) is 14.3 Å². The fraction of sp³-hybridized carbons (Fsp3) is 0.526. The van der Waals surface area contributed by atoms with Crippen LogP contribution in [-0.2, 0) is 33.2 Å². The number of hydrogen-bond acceptors (Lipinski definition) is 5. The number of fused-ring (bicyclic) bond motifs is 1. The van der Waals surface area contributed by atoms with Crippen LogP contribution in [0.25, 0.3) is 0 Å². The fourth-order valence-electron chi connectivity index (χ4n) is 3.70. The van der Waals surface area contributed by atoms with E-state index in [1.807, 2.05) is 34.8 Å². The van der Waals surface area contributed by atoms with Gasteiger partial charge in [-0.1, -0.05) is 6.92 Å². The second kappa shape index (κ2) is 7.28. The van der Waals surface area contributed by atoms with Gasteiger partial charge >= 0.3 is 0 Å². The topological polar surface area (TPSA) is 76.9 Å². The van der Waals surface area contributed by atoms with Crippen molar-refractivity contribution < 1.29 is 5.11 Å². The molecule has 0 aromatic carbocycles. The Morgan fingerprint density at radius 3 is 2.89 bits per heavy atom. The first-order valence-corrected chi connectivity index (χ1v) is 9.52. The van der Waals surface area contributed by atoms with E-state index in [0.717, 1.165) is 44.8 Å². The maximum atomic E-state index is 10.6. The van der Waals surface area contributed by atoms with E-state index in [-0.39, 0.29) is 0 Å². The minimum Gasteiger partial charge on any atom is -0.379 e. The van der Waals surface area contributed by atoms with Crippen LogP contribution in [0.5, 0.6) is 0 Å². The van der Waals surface area contributed by atoms with Crippen LogP contribution in [0.15, 0.2) is 24.7 Å². The molecule has 0 spiro atoms. The van der Waals surface area contributed by atoms with E-state index < -0.39 is 6.10 Å². The first-order valence-electron chi connectivity index (χ1n) is 9.52. The molecule has 1 aliphatic heterocycles. The zero-order valence-electron chi connectivity index (χ0n) is 16.2. The molecule has 8 nitrogen and oxygen atoms in total. The van der Waals surface area contributed by atoms with Gasteiger partial charge in [0.15, 0.2) is 6.10 Å². The number of imidazole rings is 1. The summed E-state index contributed by atoms with van der Waals surface area (Å²) in [6.45, 7) is 8.75. The fourth-order valence-corrected chi connectivity index (χ4v) is 3.70. The number of aryl methyl sites for hydroxylation is 2. The van der Waals surface area contributed by atoms with Gasteiger partial charge in [0.25, 0.3) is 0 Å². The van der Waals surface area contributed by atoms with Crippen molar-refractivity contribution in [2.45, 2.75) is 52.6 Å². The van der Waals surface area contributed by atoms with E-state index in [1.165, 1.54) is 11.3 Å². The Balaban J connectivity index is 1.47. The molecule has 1 atom stereocenters. The molecule has 144 valence electrons. The lowest BCUT2D eigenvalue weighted by atomic mass is 10.2. The van der Waals surface area contributed by atoms with Gasteiger partial charge in [0.1, 0.15) is 5.82 Å². The second-order valence-electron chi connectivity index (χ2n) is 7.27. The summed E-state index contributed by atoms with van der Waals surface area (Å²) in [5, 5.41) is 19.7. The number of rotatable bonds is 6. The summed E-state index contributed by atoms with van der Waals surface area (Å²) in [4.78, 5) is 6.65. The van der Waals surface area contributed by atoms with Gasteiger partial charge in [0.05, 0.1) is 24.1 Å². The predicted molar refractivity (Wildman–Crippen MR) is 101 cm³/mol. The molecule has 0 aliphatic carbocycles. The number of aliphatic hydroxyl groups is 1. The molecular formula is C19H27N7O. The molecular weight excluding hydrogens is 342 g/mol. The molecule has 0 saturated heterocycles. The zero-order valence-corrected chi connectivity index (χ0v) is 16.2. The van der Waals surface area contributed by atoms with Crippen molar-refractivity contribution in [3.05, 3.63) is 53.1 Å². The Hall–Kier alpha value is -2.45. The molecule has 0 saturated carbocycles. The number of aliphatic hydroxyl groups excluding tert-OH is 1. The van der Waals surface area contributed by atoms with Crippen molar-refractivity contribution in [1.29, 1.82) is 0 Å². The maximum absolute atomic E-state index is 10.6. The van der Waals surface area contributed by atoms with Crippen LogP contribution in [-0.4, -0.2) is 45.7 Å². The third kappa shape index (κ3) is 3.42. The molecule has 3 aromatic rings. The van der Waals surface area contributed by atoms with Gasteiger partial charge in [-0.05, 0) is 19.4 Å². The lowest BCUT2D eigenvalue weighted by Crippen LogP contribution is -2.33. The van der Waals surface area contributed by atoms with E-state index in [2.05, 4.69) is 38.6 Å². The number of aromatic nitrogens is 6. The summed E-state index contributed by atoms with van der Waals surface area (Å²) in [6.07, 6.45) is 5.80. The smallest absolute Gasteiger partial charge is 0.155 e. The highest BCUT2D eigenvalue weighted by Crippen LogP contribution is 2.23. The molecule has 1 aliphatic rings. The quantitative estimate of drug-likeness (QED) is 0.715. The van der Waals surface area contributed by atoms with Crippen LogP contribution in [0.3, 0.4) is 0 Å². The van der Waals surface area contributed by atoms with E-state index >= 15 is 0 Å². The maximum Gasteiger partial charge on any atom is 0.155 e. The van der Waals surface area contributed by atoms with Crippen LogP contribution in [0.4, 0.5) is 0 Å². The van der Waals surface area contributed by atoms with E-state index in [9.17, 15) is 5.11 Å². The molecule has 4 heterocycles. The minimum absolute atomic E-state index is 0.612. The lowest BCUT2D eigenvalue weighted by molar-refractivity contribution is 0.194. The van der Waals surface area contributed by atoms with Crippen molar-refractivity contribution in [3.63, 3.8) is 0 Å². The third-order valence-corrected chi connectivity index (χ3v) is 5.31. The lowest BCUT2D eigenvalue weighted by Gasteiger charge is -2.27. The van der Waals surface area contributed by atoms with Gasteiger partial charge in [-0.15, -0.1) is 0 Å². The molecule has 1 N–H and O–H groups in total. The first kappa shape index (κ1) is 17.9. The van der Waals surface area contributed by atoms with Crippen LogP contribution in [0.1, 0.15) is 47.9 Å². The Labute approximate surface area is 159 Å². The van der Waals surface area contributed by atoms with Crippen LogP contribution < -0.4 is 0 Å². The molecule has 4 rings (SSSR count). The molecule has 0 amide bonds. The second-order valence-corrected chi connectivity index (χ2v) is 7.27. The molecule has 27 heavy (non-hydrogen) atoms. The van der Waals surface area contributed by atoms with Crippen molar-refractivity contribution >= 4 is 0 Å². The van der Waals surface area contributed by atoms with E-state index in [4.69, 9.17) is 0 Å². The normalized spacial score (nSPS) is 15.9. The van der Waals surface area contributed by atoms with Gasteiger partial charge < -0.3 is 9.67 Å². The van der Waals surface area contributed by atoms with Gasteiger partial charge in [0.2, 0.25) is 0 Å². The van der Waals surface area contributed by atoms with Crippen LogP contribution in [0.2, 0.25) is 0 Å². The SMILES string of the molecule is CCCn1ncc(CN2CCn3nc([C@@H](O)c4nccn4C)cc3C2)c1C. The predicted octanol–water partition coefficient (Wildman–Crippen LogP) is 1.63.